The maximum atomic E-state index is 12.8. The van der Waals surface area contributed by atoms with E-state index in [-0.39, 0.29) is 31.1 Å². The van der Waals surface area contributed by atoms with Gasteiger partial charge < -0.3 is 14.2 Å². The summed E-state index contributed by atoms with van der Waals surface area (Å²) in [6.07, 6.45) is 51.0. The SMILES string of the molecule is CCCCCCCCCCCC(=O)OC[C@H](COC(=O)CCCCCCCCCCCCC(C)C)OC(=O)CCCCCCCCCCCCCCCCCCCCC(C)CC. The van der Waals surface area contributed by atoms with Crippen LogP contribution in [0.15, 0.2) is 0 Å². The molecular formula is C56H108O6. The normalized spacial score (nSPS) is 12.5. The lowest BCUT2D eigenvalue weighted by Crippen LogP contribution is -2.30. The molecule has 0 saturated carbocycles. The van der Waals surface area contributed by atoms with Crippen molar-refractivity contribution < 1.29 is 28.6 Å². The van der Waals surface area contributed by atoms with Crippen LogP contribution in [0.1, 0.15) is 311 Å². The minimum Gasteiger partial charge on any atom is -0.462 e. The van der Waals surface area contributed by atoms with Crippen LogP contribution in [-0.2, 0) is 28.6 Å². The van der Waals surface area contributed by atoms with Gasteiger partial charge in [0, 0.05) is 19.3 Å². The van der Waals surface area contributed by atoms with Crippen LogP contribution in [0.2, 0.25) is 0 Å². The molecule has 368 valence electrons. The summed E-state index contributed by atoms with van der Waals surface area (Å²) in [6.45, 7) is 11.4. The van der Waals surface area contributed by atoms with E-state index in [2.05, 4.69) is 34.6 Å². The molecule has 1 unspecified atom stereocenters. The van der Waals surface area contributed by atoms with Crippen molar-refractivity contribution in [2.45, 2.75) is 317 Å². The summed E-state index contributed by atoms with van der Waals surface area (Å²) in [7, 11) is 0. The molecular weight excluding hydrogens is 769 g/mol. The first-order valence-electron chi connectivity index (χ1n) is 27.8. The van der Waals surface area contributed by atoms with Crippen molar-refractivity contribution in [2.24, 2.45) is 11.8 Å². The van der Waals surface area contributed by atoms with Crippen LogP contribution in [0.3, 0.4) is 0 Å². The number of hydrogen-bond acceptors (Lipinski definition) is 6. The van der Waals surface area contributed by atoms with Crippen LogP contribution >= 0.6 is 0 Å². The highest BCUT2D eigenvalue weighted by atomic mass is 16.6. The van der Waals surface area contributed by atoms with Crippen molar-refractivity contribution in [1.29, 1.82) is 0 Å². The minimum absolute atomic E-state index is 0.0636. The molecule has 0 saturated heterocycles. The zero-order valence-electron chi connectivity index (χ0n) is 42.5. The van der Waals surface area contributed by atoms with Gasteiger partial charge in [-0.25, -0.2) is 0 Å². The van der Waals surface area contributed by atoms with E-state index in [0.29, 0.717) is 19.3 Å². The molecule has 0 aromatic heterocycles. The highest BCUT2D eigenvalue weighted by molar-refractivity contribution is 5.71. The second-order valence-electron chi connectivity index (χ2n) is 19.9. The Kier molecular flexibility index (Phi) is 47.6. The highest BCUT2D eigenvalue weighted by Crippen LogP contribution is 2.18. The minimum atomic E-state index is -0.761. The Hall–Kier alpha value is -1.59. The van der Waals surface area contributed by atoms with Crippen molar-refractivity contribution in [1.82, 2.24) is 0 Å². The van der Waals surface area contributed by atoms with Crippen LogP contribution < -0.4 is 0 Å². The maximum absolute atomic E-state index is 12.8. The molecule has 0 amide bonds. The third-order valence-electron chi connectivity index (χ3n) is 13.1. The van der Waals surface area contributed by atoms with Crippen molar-refractivity contribution in [3.8, 4) is 0 Å². The first-order chi connectivity index (χ1) is 30.3. The number of carbonyl (C=O) groups is 3. The number of rotatable bonds is 50. The summed E-state index contributed by atoms with van der Waals surface area (Å²) in [4.78, 5) is 37.9. The van der Waals surface area contributed by atoms with E-state index in [4.69, 9.17) is 14.2 Å². The predicted molar refractivity (Wildman–Crippen MR) is 266 cm³/mol. The van der Waals surface area contributed by atoms with E-state index in [0.717, 1.165) is 69.6 Å². The average Bonchev–Trinajstić information content (AvgIpc) is 3.26. The van der Waals surface area contributed by atoms with Gasteiger partial charge in [0.05, 0.1) is 0 Å². The summed E-state index contributed by atoms with van der Waals surface area (Å²) in [5.41, 5.74) is 0. The molecule has 0 bridgehead atoms. The van der Waals surface area contributed by atoms with Crippen molar-refractivity contribution in [3.05, 3.63) is 0 Å². The van der Waals surface area contributed by atoms with Crippen molar-refractivity contribution in [3.63, 3.8) is 0 Å². The fraction of sp³-hybridized carbons (Fsp3) is 0.946. The molecule has 0 N–H and O–H groups in total. The summed E-state index contributed by atoms with van der Waals surface area (Å²) >= 11 is 0. The van der Waals surface area contributed by atoms with E-state index in [1.165, 1.54) is 199 Å². The van der Waals surface area contributed by atoms with Gasteiger partial charge >= 0.3 is 17.9 Å². The molecule has 2 atom stereocenters. The lowest BCUT2D eigenvalue weighted by atomic mass is 9.99. The number of ether oxygens (including phenoxy) is 3. The fourth-order valence-electron chi connectivity index (χ4n) is 8.49. The standard InChI is InChI=1S/C56H108O6/c1-6-8-9-10-11-24-31-36-41-46-54(57)60-49-53(50-61-55(58)47-42-37-32-27-23-22-25-29-34-39-44-51(3)4)62-56(59)48-43-38-33-28-21-19-17-15-13-12-14-16-18-20-26-30-35-40-45-52(5)7-2/h51-53H,6-50H2,1-5H3/t52?,53-/m1/s1. The van der Waals surface area contributed by atoms with E-state index in [1.807, 2.05) is 0 Å². The first-order valence-corrected chi connectivity index (χ1v) is 27.8. The molecule has 0 spiro atoms. The molecule has 0 aromatic carbocycles. The fourth-order valence-corrected chi connectivity index (χ4v) is 8.49. The molecule has 0 aliphatic rings. The van der Waals surface area contributed by atoms with Gasteiger partial charge in [-0.05, 0) is 31.1 Å². The largest absolute Gasteiger partial charge is 0.462 e. The molecule has 6 nitrogen and oxygen atoms in total. The van der Waals surface area contributed by atoms with Crippen molar-refractivity contribution >= 4 is 17.9 Å². The molecule has 62 heavy (non-hydrogen) atoms. The van der Waals surface area contributed by atoms with Crippen LogP contribution in [0, 0.1) is 11.8 Å². The quantitative estimate of drug-likeness (QED) is 0.0344. The van der Waals surface area contributed by atoms with E-state index in [1.54, 1.807) is 0 Å². The smallest absolute Gasteiger partial charge is 0.306 e. The lowest BCUT2D eigenvalue weighted by molar-refractivity contribution is -0.167. The van der Waals surface area contributed by atoms with Gasteiger partial charge in [-0.1, -0.05) is 272 Å². The van der Waals surface area contributed by atoms with E-state index >= 15 is 0 Å². The van der Waals surface area contributed by atoms with Gasteiger partial charge in [-0.3, -0.25) is 14.4 Å². The molecule has 6 heteroatoms. The molecule has 0 rings (SSSR count). The Morgan fingerprint density at radius 2 is 0.613 bits per heavy atom. The number of carbonyl (C=O) groups excluding carboxylic acids is 3. The number of esters is 3. The van der Waals surface area contributed by atoms with Crippen LogP contribution in [0.25, 0.3) is 0 Å². The topological polar surface area (TPSA) is 78.9 Å². The molecule has 0 fully saturated rings. The number of unbranched alkanes of at least 4 members (excludes halogenated alkanes) is 34. The van der Waals surface area contributed by atoms with Crippen LogP contribution in [-0.4, -0.2) is 37.2 Å². The summed E-state index contributed by atoms with van der Waals surface area (Å²) in [5.74, 6) is 0.881. The Morgan fingerprint density at radius 3 is 0.919 bits per heavy atom. The summed E-state index contributed by atoms with van der Waals surface area (Å²) in [5, 5.41) is 0. The first kappa shape index (κ1) is 60.4. The molecule has 0 radical (unpaired) electrons. The van der Waals surface area contributed by atoms with Gasteiger partial charge in [-0.15, -0.1) is 0 Å². The highest BCUT2D eigenvalue weighted by Gasteiger charge is 2.19. The Bertz CT molecular complexity index is 949. The lowest BCUT2D eigenvalue weighted by Gasteiger charge is -2.18. The number of hydrogen-bond donors (Lipinski definition) is 0. The second kappa shape index (κ2) is 48.9. The van der Waals surface area contributed by atoms with E-state index < -0.39 is 6.10 Å². The van der Waals surface area contributed by atoms with Gasteiger partial charge in [0.15, 0.2) is 6.10 Å². The zero-order valence-corrected chi connectivity index (χ0v) is 42.5. The van der Waals surface area contributed by atoms with Crippen molar-refractivity contribution in [2.75, 3.05) is 13.2 Å². The Balaban J connectivity index is 4.19. The monoisotopic (exact) mass is 877 g/mol. The van der Waals surface area contributed by atoms with Crippen LogP contribution in [0.5, 0.6) is 0 Å². The average molecular weight is 877 g/mol. The van der Waals surface area contributed by atoms with Gasteiger partial charge in [0.2, 0.25) is 0 Å². The van der Waals surface area contributed by atoms with Gasteiger partial charge in [-0.2, -0.15) is 0 Å². The second-order valence-corrected chi connectivity index (χ2v) is 19.9. The van der Waals surface area contributed by atoms with Gasteiger partial charge in [0.1, 0.15) is 13.2 Å². The van der Waals surface area contributed by atoms with E-state index in [9.17, 15) is 14.4 Å². The molecule has 0 aliphatic heterocycles. The molecule has 0 aliphatic carbocycles. The third-order valence-corrected chi connectivity index (χ3v) is 13.1. The zero-order chi connectivity index (χ0) is 45.4. The van der Waals surface area contributed by atoms with Gasteiger partial charge in [0.25, 0.3) is 0 Å². The van der Waals surface area contributed by atoms with Crippen LogP contribution in [0.4, 0.5) is 0 Å². The summed E-state index contributed by atoms with van der Waals surface area (Å²) < 4.78 is 16.8. The summed E-state index contributed by atoms with van der Waals surface area (Å²) in [6, 6.07) is 0. The molecule has 0 heterocycles. The molecule has 0 aromatic rings. The maximum Gasteiger partial charge on any atom is 0.306 e. The Labute approximate surface area is 387 Å². The predicted octanol–water partition coefficient (Wildman–Crippen LogP) is 18.1. The third kappa shape index (κ3) is 47.9. The Morgan fingerprint density at radius 1 is 0.339 bits per heavy atom.